The van der Waals surface area contributed by atoms with Crippen LogP contribution in [0.1, 0.15) is 0 Å². The number of aromatic hydroxyl groups is 1. The molecule has 2 aromatic carbocycles. The van der Waals surface area contributed by atoms with Crippen molar-refractivity contribution in [1.82, 2.24) is 4.57 Å². The maximum absolute atomic E-state index is 9.57. The zero-order valence-corrected chi connectivity index (χ0v) is 10.00. The average Bonchev–Trinajstić information content (AvgIpc) is 2.82. The zero-order chi connectivity index (χ0) is 12.5. The normalized spacial score (nSPS) is 10.7. The van der Waals surface area contributed by atoms with Crippen LogP contribution in [0.25, 0.3) is 16.6 Å². The molecule has 1 aromatic heterocycles. The molecule has 0 aliphatic rings. The van der Waals surface area contributed by atoms with Crippen LogP contribution in [0, 0.1) is 0 Å². The lowest BCUT2D eigenvalue weighted by Crippen LogP contribution is -1.91. The fourth-order valence-electron chi connectivity index (χ4n) is 2.08. The van der Waals surface area contributed by atoms with E-state index in [4.69, 9.17) is 4.74 Å². The first-order valence-corrected chi connectivity index (χ1v) is 5.72. The number of aromatic nitrogens is 1. The molecular weight excluding hydrogens is 226 g/mol. The molecule has 1 N–H and O–H groups in total. The summed E-state index contributed by atoms with van der Waals surface area (Å²) in [5.41, 5.74) is 2.02. The molecule has 0 fully saturated rings. The van der Waals surface area contributed by atoms with Gasteiger partial charge in [0, 0.05) is 23.3 Å². The van der Waals surface area contributed by atoms with Gasteiger partial charge >= 0.3 is 0 Å². The Morgan fingerprint density at radius 1 is 1.00 bits per heavy atom. The van der Waals surface area contributed by atoms with Gasteiger partial charge in [0.2, 0.25) is 0 Å². The second-order valence-electron chi connectivity index (χ2n) is 4.13. The highest BCUT2D eigenvalue weighted by molar-refractivity contribution is 5.83. The molecule has 0 atom stereocenters. The van der Waals surface area contributed by atoms with Gasteiger partial charge in [-0.3, -0.25) is 0 Å². The van der Waals surface area contributed by atoms with Gasteiger partial charge < -0.3 is 14.4 Å². The summed E-state index contributed by atoms with van der Waals surface area (Å²) in [5, 5.41) is 10.7. The fourth-order valence-corrected chi connectivity index (χ4v) is 2.08. The van der Waals surface area contributed by atoms with E-state index in [1.54, 1.807) is 19.2 Å². The standard InChI is InChI=1S/C15H13NO2/c1-18-14-6-3-12(4-7-14)16-9-8-11-2-5-13(17)10-15(11)16/h2-10,17H,1H3. The Labute approximate surface area is 105 Å². The molecule has 0 unspecified atom stereocenters. The summed E-state index contributed by atoms with van der Waals surface area (Å²) in [7, 11) is 1.65. The van der Waals surface area contributed by atoms with Crippen molar-refractivity contribution < 1.29 is 9.84 Å². The van der Waals surface area contributed by atoms with Crippen LogP contribution in [-0.2, 0) is 0 Å². The van der Waals surface area contributed by atoms with Crippen molar-refractivity contribution >= 4 is 10.9 Å². The van der Waals surface area contributed by atoms with Gasteiger partial charge in [0.1, 0.15) is 11.5 Å². The lowest BCUT2D eigenvalue weighted by Gasteiger charge is -2.07. The van der Waals surface area contributed by atoms with E-state index in [2.05, 4.69) is 0 Å². The minimum Gasteiger partial charge on any atom is -0.508 e. The highest BCUT2D eigenvalue weighted by atomic mass is 16.5. The quantitative estimate of drug-likeness (QED) is 0.744. The summed E-state index contributed by atoms with van der Waals surface area (Å²) >= 11 is 0. The van der Waals surface area contributed by atoms with E-state index in [0.717, 1.165) is 22.3 Å². The topological polar surface area (TPSA) is 34.4 Å². The first-order valence-electron chi connectivity index (χ1n) is 5.72. The molecule has 0 spiro atoms. The fraction of sp³-hybridized carbons (Fsp3) is 0.0667. The Balaban J connectivity index is 2.15. The van der Waals surface area contributed by atoms with Crippen LogP contribution in [0.4, 0.5) is 0 Å². The number of phenols is 1. The summed E-state index contributed by atoms with van der Waals surface area (Å²) in [6, 6.07) is 15.2. The van der Waals surface area contributed by atoms with Crippen LogP contribution in [-0.4, -0.2) is 16.8 Å². The molecule has 90 valence electrons. The molecular formula is C15H13NO2. The van der Waals surface area contributed by atoms with Gasteiger partial charge in [0.25, 0.3) is 0 Å². The number of phenolic OH excluding ortho intramolecular Hbond substituents is 1. The number of ether oxygens (including phenoxy) is 1. The maximum atomic E-state index is 9.57. The van der Waals surface area contributed by atoms with Crippen molar-refractivity contribution in [2.24, 2.45) is 0 Å². The van der Waals surface area contributed by atoms with E-state index in [1.165, 1.54) is 0 Å². The van der Waals surface area contributed by atoms with Crippen molar-refractivity contribution in [2.75, 3.05) is 7.11 Å². The van der Waals surface area contributed by atoms with Crippen LogP contribution < -0.4 is 4.74 Å². The molecule has 0 amide bonds. The Morgan fingerprint density at radius 3 is 2.50 bits per heavy atom. The Kier molecular flexibility index (Phi) is 2.45. The van der Waals surface area contributed by atoms with Crippen molar-refractivity contribution in [3.05, 3.63) is 54.7 Å². The van der Waals surface area contributed by atoms with Gasteiger partial charge in [0.15, 0.2) is 0 Å². The molecule has 1 heterocycles. The number of rotatable bonds is 2. The molecule has 0 saturated heterocycles. The molecule has 18 heavy (non-hydrogen) atoms. The van der Waals surface area contributed by atoms with Crippen molar-refractivity contribution in [1.29, 1.82) is 0 Å². The second-order valence-corrected chi connectivity index (χ2v) is 4.13. The lowest BCUT2D eigenvalue weighted by atomic mass is 10.2. The second kappa shape index (κ2) is 4.11. The number of fused-ring (bicyclic) bond motifs is 1. The van der Waals surface area contributed by atoms with Gasteiger partial charge in [0.05, 0.1) is 12.6 Å². The van der Waals surface area contributed by atoms with E-state index >= 15 is 0 Å². The molecule has 0 aliphatic heterocycles. The maximum Gasteiger partial charge on any atom is 0.119 e. The average molecular weight is 239 g/mol. The molecule has 0 radical (unpaired) electrons. The third kappa shape index (κ3) is 1.70. The first kappa shape index (κ1) is 10.7. The van der Waals surface area contributed by atoms with Gasteiger partial charge in [-0.2, -0.15) is 0 Å². The number of nitrogens with zero attached hydrogens (tertiary/aromatic N) is 1. The summed E-state index contributed by atoms with van der Waals surface area (Å²) in [6.45, 7) is 0. The van der Waals surface area contributed by atoms with E-state index in [1.807, 2.05) is 47.2 Å². The van der Waals surface area contributed by atoms with Gasteiger partial charge in [-0.05, 0) is 42.5 Å². The predicted molar refractivity (Wildman–Crippen MR) is 71.5 cm³/mol. The monoisotopic (exact) mass is 239 g/mol. The van der Waals surface area contributed by atoms with Crippen LogP contribution in [0.5, 0.6) is 11.5 Å². The molecule has 3 rings (SSSR count). The summed E-state index contributed by atoms with van der Waals surface area (Å²) in [4.78, 5) is 0. The lowest BCUT2D eigenvalue weighted by molar-refractivity contribution is 0.415. The van der Waals surface area contributed by atoms with Crippen LogP contribution >= 0.6 is 0 Å². The largest absolute Gasteiger partial charge is 0.508 e. The smallest absolute Gasteiger partial charge is 0.119 e. The van der Waals surface area contributed by atoms with Gasteiger partial charge in [-0.25, -0.2) is 0 Å². The minimum absolute atomic E-state index is 0.274. The highest BCUT2D eigenvalue weighted by Gasteiger charge is 2.04. The van der Waals surface area contributed by atoms with E-state index < -0.39 is 0 Å². The summed E-state index contributed by atoms with van der Waals surface area (Å²) in [6.07, 6.45) is 1.99. The number of hydrogen-bond donors (Lipinski definition) is 1. The summed E-state index contributed by atoms with van der Waals surface area (Å²) in [5.74, 6) is 1.11. The predicted octanol–water partition coefficient (Wildman–Crippen LogP) is 3.34. The zero-order valence-electron chi connectivity index (χ0n) is 10.00. The summed E-state index contributed by atoms with van der Waals surface area (Å²) < 4.78 is 7.18. The van der Waals surface area contributed by atoms with E-state index in [0.29, 0.717) is 0 Å². The Bertz CT molecular complexity index is 683. The van der Waals surface area contributed by atoms with E-state index in [9.17, 15) is 5.11 Å². The van der Waals surface area contributed by atoms with Crippen molar-refractivity contribution in [2.45, 2.75) is 0 Å². The van der Waals surface area contributed by atoms with Crippen LogP contribution in [0.15, 0.2) is 54.7 Å². The number of methoxy groups -OCH3 is 1. The van der Waals surface area contributed by atoms with Crippen LogP contribution in [0.2, 0.25) is 0 Å². The van der Waals surface area contributed by atoms with Gasteiger partial charge in [-0.15, -0.1) is 0 Å². The first-order chi connectivity index (χ1) is 8.78. The molecule has 3 nitrogen and oxygen atoms in total. The Morgan fingerprint density at radius 2 is 1.78 bits per heavy atom. The minimum atomic E-state index is 0.274. The van der Waals surface area contributed by atoms with Crippen LogP contribution in [0.3, 0.4) is 0 Å². The number of hydrogen-bond acceptors (Lipinski definition) is 2. The SMILES string of the molecule is COc1ccc(-n2ccc3ccc(O)cc32)cc1. The van der Waals surface area contributed by atoms with Gasteiger partial charge in [-0.1, -0.05) is 0 Å². The molecule has 0 aliphatic carbocycles. The highest BCUT2D eigenvalue weighted by Crippen LogP contribution is 2.25. The number of benzene rings is 2. The van der Waals surface area contributed by atoms with Crippen molar-refractivity contribution in [3.63, 3.8) is 0 Å². The molecule has 0 bridgehead atoms. The van der Waals surface area contributed by atoms with E-state index in [-0.39, 0.29) is 5.75 Å². The molecule has 0 saturated carbocycles. The molecule has 3 heteroatoms. The molecule has 3 aromatic rings. The third-order valence-corrected chi connectivity index (χ3v) is 3.03. The third-order valence-electron chi connectivity index (χ3n) is 3.03. The van der Waals surface area contributed by atoms with Crippen molar-refractivity contribution in [3.8, 4) is 17.2 Å². The Hall–Kier alpha value is -2.42.